The lowest BCUT2D eigenvalue weighted by Gasteiger charge is -2.50. The zero-order chi connectivity index (χ0) is 39.6. The molecule has 0 amide bonds. The molecule has 2 aliphatic carbocycles. The molecule has 0 radical (unpaired) electrons. The second-order valence-electron chi connectivity index (χ2n) is 19.2. The van der Waals surface area contributed by atoms with Gasteiger partial charge in [-0.15, -0.1) is 0 Å². The number of nitrogens with zero attached hydrogens (tertiary/aromatic N) is 2. The van der Waals surface area contributed by atoms with Crippen molar-refractivity contribution in [1.82, 2.24) is 0 Å². The molecular formula is C56H56N2. The minimum Gasteiger partial charge on any atom is -0.334 e. The standard InChI is InChI=1S/C56H56N2/c1-37-33-49-47(53(3)29-17-19-31-55(53,5)57(49)39-21-9-7-10-22-39)35-45(37)51-41-25-13-15-27-43(41)52(44-28-16-14-26-42(44)51)46-36-48-50(34-38(46)2)58(40-23-11-8-12-24-40)56(6)32-20-18-30-54(48,56)4/h7-16,21-28,33-36H,17-20,29-32H2,1-6H3. The highest BCUT2D eigenvalue weighted by atomic mass is 15.3. The summed E-state index contributed by atoms with van der Waals surface area (Å²) in [5.74, 6) is 0. The Balaban J connectivity index is 1.16. The van der Waals surface area contributed by atoms with Crippen LogP contribution in [0.15, 0.2) is 133 Å². The van der Waals surface area contributed by atoms with Gasteiger partial charge in [0.1, 0.15) is 0 Å². The molecule has 0 aromatic heterocycles. The number of para-hydroxylation sites is 2. The van der Waals surface area contributed by atoms with Crippen molar-refractivity contribution in [2.75, 3.05) is 9.80 Å². The average molecular weight is 757 g/mol. The third kappa shape index (κ3) is 4.61. The van der Waals surface area contributed by atoms with Crippen molar-refractivity contribution in [2.45, 2.75) is 115 Å². The molecule has 0 saturated heterocycles. The fourth-order valence-electron chi connectivity index (χ4n) is 13.0. The van der Waals surface area contributed by atoms with Gasteiger partial charge in [0.2, 0.25) is 0 Å². The smallest absolute Gasteiger partial charge is 0.0517 e. The number of hydrogen-bond donors (Lipinski definition) is 0. The Labute approximate surface area is 345 Å². The summed E-state index contributed by atoms with van der Waals surface area (Å²) in [6, 6.07) is 51.3. The van der Waals surface area contributed by atoms with E-state index in [1.54, 1.807) is 0 Å². The molecule has 2 heteroatoms. The Morgan fingerprint density at radius 3 is 1.09 bits per heavy atom. The van der Waals surface area contributed by atoms with Crippen LogP contribution < -0.4 is 9.80 Å². The number of fused-ring (bicyclic) bond motifs is 8. The molecule has 2 fully saturated rings. The van der Waals surface area contributed by atoms with Gasteiger partial charge in [-0.25, -0.2) is 0 Å². The minimum absolute atomic E-state index is 0.0141. The van der Waals surface area contributed by atoms with Crippen molar-refractivity contribution in [2.24, 2.45) is 0 Å². The summed E-state index contributed by atoms with van der Waals surface area (Å²) in [5, 5.41) is 5.36. The molecule has 7 aromatic carbocycles. The van der Waals surface area contributed by atoms with Gasteiger partial charge in [0.25, 0.3) is 0 Å². The Morgan fingerprint density at radius 1 is 0.397 bits per heavy atom. The minimum atomic E-state index is 0.0141. The van der Waals surface area contributed by atoms with E-state index < -0.39 is 0 Å². The number of aryl methyl sites for hydroxylation is 2. The number of benzene rings is 7. The first-order valence-corrected chi connectivity index (χ1v) is 22.0. The maximum absolute atomic E-state index is 2.71. The van der Waals surface area contributed by atoms with Crippen molar-refractivity contribution in [3.05, 3.63) is 156 Å². The van der Waals surface area contributed by atoms with Crippen LogP contribution in [0.5, 0.6) is 0 Å². The van der Waals surface area contributed by atoms with Crippen molar-refractivity contribution >= 4 is 44.3 Å². The predicted octanol–water partition coefficient (Wildman–Crippen LogP) is 15.4. The topological polar surface area (TPSA) is 6.48 Å². The molecule has 0 spiro atoms. The van der Waals surface area contributed by atoms with E-state index in [1.165, 1.54) is 140 Å². The van der Waals surface area contributed by atoms with Gasteiger partial charge < -0.3 is 9.80 Å². The fourth-order valence-corrected chi connectivity index (χ4v) is 13.0. The molecule has 4 unspecified atom stereocenters. The first-order chi connectivity index (χ1) is 28.1. The van der Waals surface area contributed by atoms with Gasteiger partial charge in [0.15, 0.2) is 0 Å². The predicted molar refractivity (Wildman–Crippen MR) is 247 cm³/mol. The van der Waals surface area contributed by atoms with Crippen LogP contribution >= 0.6 is 0 Å². The van der Waals surface area contributed by atoms with E-state index in [0.717, 1.165) is 0 Å². The van der Waals surface area contributed by atoms with Crippen LogP contribution in [0.1, 0.15) is 101 Å². The second-order valence-corrected chi connectivity index (χ2v) is 19.2. The van der Waals surface area contributed by atoms with Gasteiger partial charge in [-0.2, -0.15) is 0 Å². The normalized spacial score (nSPS) is 26.1. The summed E-state index contributed by atoms with van der Waals surface area (Å²) in [6.45, 7) is 14.9. The lowest BCUT2D eigenvalue weighted by Crippen LogP contribution is -2.54. The van der Waals surface area contributed by atoms with Gasteiger partial charge in [0.05, 0.1) is 11.1 Å². The van der Waals surface area contributed by atoms with Crippen LogP contribution in [0.25, 0.3) is 43.8 Å². The molecule has 2 saturated carbocycles. The van der Waals surface area contributed by atoms with Crippen molar-refractivity contribution in [1.29, 1.82) is 0 Å². The molecule has 2 heterocycles. The molecule has 4 aliphatic rings. The van der Waals surface area contributed by atoms with E-state index in [2.05, 4.69) is 185 Å². The Bertz CT molecular complexity index is 2540. The summed E-state index contributed by atoms with van der Waals surface area (Å²) in [6.07, 6.45) is 9.92. The van der Waals surface area contributed by atoms with Crippen LogP contribution in [0.3, 0.4) is 0 Å². The number of anilines is 4. The second kappa shape index (κ2) is 12.6. The van der Waals surface area contributed by atoms with Gasteiger partial charge in [0, 0.05) is 33.6 Å². The van der Waals surface area contributed by atoms with Crippen LogP contribution in [0, 0.1) is 13.8 Å². The summed E-state index contributed by atoms with van der Waals surface area (Å²) < 4.78 is 0. The first-order valence-electron chi connectivity index (χ1n) is 22.0. The van der Waals surface area contributed by atoms with Gasteiger partial charge in [-0.05, 0) is 168 Å². The van der Waals surface area contributed by atoms with Gasteiger partial charge >= 0.3 is 0 Å². The Morgan fingerprint density at radius 2 is 0.724 bits per heavy atom. The largest absolute Gasteiger partial charge is 0.334 e. The summed E-state index contributed by atoms with van der Waals surface area (Å²) >= 11 is 0. The van der Waals surface area contributed by atoms with Crippen LogP contribution in [-0.2, 0) is 10.8 Å². The van der Waals surface area contributed by atoms with E-state index in [9.17, 15) is 0 Å². The summed E-state index contributed by atoms with van der Waals surface area (Å²) in [7, 11) is 0. The Hall–Kier alpha value is -5.34. The van der Waals surface area contributed by atoms with Crippen molar-refractivity contribution in [3.63, 3.8) is 0 Å². The monoisotopic (exact) mass is 756 g/mol. The highest BCUT2D eigenvalue weighted by Crippen LogP contribution is 2.64. The molecule has 2 nitrogen and oxygen atoms in total. The van der Waals surface area contributed by atoms with E-state index in [-0.39, 0.29) is 21.9 Å². The van der Waals surface area contributed by atoms with Crippen molar-refractivity contribution < 1.29 is 0 Å². The number of rotatable bonds is 4. The van der Waals surface area contributed by atoms with Crippen LogP contribution in [0.4, 0.5) is 22.7 Å². The first kappa shape index (κ1) is 35.8. The molecular weight excluding hydrogens is 701 g/mol. The Kier molecular flexibility index (Phi) is 7.76. The molecule has 11 rings (SSSR count). The molecule has 4 atom stereocenters. The van der Waals surface area contributed by atoms with E-state index >= 15 is 0 Å². The third-order valence-corrected chi connectivity index (χ3v) is 16.4. The van der Waals surface area contributed by atoms with E-state index in [1.807, 2.05) is 0 Å². The van der Waals surface area contributed by atoms with E-state index in [0.29, 0.717) is 0 Å². The van der Waals surface area contributed by atoms with Crippen LogP contribution in [0.2, 0.25) is 0 Å². The highest BCUT2D eigenvalue weighted by Gasteiger charge is 2.59. The molecule has 7 aromatic rings. The molecule has 2 aliphatic heterocycles. The van der Waals surface area contributed by atoms with Gasteiger partial charge in [-0.1, -0.05) is 124 Å². The third-order valence-electron chi connectivity index (χ3n) is 16.4. The molecule has 0 N–H and O–H groups in total. The number of hydrogen-bond acceptors (Lipinski definition) is 2. The lowest BCUT2D eigenvalue weighted by molar-refractivity contribution is 0.195. The van der Waals surface area contributed by atoms with Gasteiger partial charge in [-0.3, -0.25) is 0 Å². The molecule has 58 heavy (non-hydrogen) atoms. The SMILES string of the molecule is Cc1cc2c(cc1-c1c3ccccc3c(-c3cc4c(cc3C)N(c3ccccc3)C3(C)CCCCC43C)c3ccccc13)C1(C)CCCCC1(C)N2c1ccccc1. The summed E-state index contributed by atoms with van der Waals surface area (Å²) in [5.41, 5.74) is 16.7. The van der Waals surface area contributed by atoms with Crippen LogP contribution in [-0.4, -0.2) is 11.1 Å². The lowest BCUT2D eigenvalue weighted by atomic mass is 9.61. The quantitative estimate of drug-likeness (QED) is 0.165. The summed E-state index contributed by atoms with van der Waals surface area (Å²) in [4.78, 5) is 5.43. The van der Waals surface area contributed by atoms with Crippen molar-refractivity contribution in [3.8, 4) is 22.3 Å². The molecule has 290 valence electrons. The maximum Gasteiger partial charge on any atom is 0.0517 e. The fraction of sp³-hybridized carbons (Fsp3) is 0.321. The maximum atomic E-state index is 2.71. The average Bonchev–Trinajstić information content (AvgIpc) is 3.56. The molecule has 0 bridgehead atoms. The zero-order valence-electron chi connectivity index (χ0n) is 35.3. The highest BCUT2D eigenvalue weighted by molar-refractivity contribution is 6.22. The van der Waals surface area contributed by atoms with E-state index in [4.69, 9.17) is 0 Å². The zero-order valence-corrected chi connectivity index (χ0v) is 35.3.